The lowest BCUT2D eigenvalue weighted by Gasteiger charge is -2.09. The van der Waals surface area contributed by atoms with Crippen LogP contribution in [0.25, 0.3) is 0 Å². The van der Waals surface area contributed by atoms with E-state index in [1.165, 1.54) is 19.5 Å². The largest absolute Gasteiger partial charge is 0.479 e. The van der Waals surface area contributed by atoms with Crippen molar-refractivity contribution in [3.05, 3.63) is 53.0 Å². The smallest absolute Gasteiger partial charge is 0.243 e. The fourth-order valence-electron chi connectivity index (χ4n) is 1.92. The highest BCUT2D eigenvalue weighted by molar-refractivity contribution is 6.10. The molecule has 2 aromatic rings. The molecule has 0 N–H and O–H groups in total. The highest BCUT2D eigenvalue weighted by Gasteiger charge is 2.20. The zero-order valence-corrected chi connectivity index (χ0v) is 10.6. The Balaban J connectivity index is 2.55. The van der Waals surface area contributed by atoms with Crippen molar-refractivity contribution in [1.29, 1.82) is 0 Å². The average Bonchev–Trinajstić information content (AvgIpc) is 2.38. The highest BCUT2D eigenvalue weighted by atomic mass is 16.5. The number of ether oxygens (including phenoxy) is 1. The van der Waals surface area contributed by atoms with Crippen molar-refractivity contribution in [2.75, 3.05) is 7.11 Å². The molecule has 1 aromatic heterocycles. The molecule has 0 saturated heterocycles. The molecule has 1 aromatic carbocycles. The molecule has 0 fully saturated rings. The van der Waals surface area contributed by atoms with E-state index in [0.717, 1.165) is 11.1 Å². The van der Waals surface area contributed by atoms with E-state index >= 15 is 0 Å². The van der Waals surface area contributed by atoms with Gasteiger partial charge in [-0.25, -0.2) is 9.97 Å². The van der Waals surface area contributed by atoms with Gasteiger partial charge in [-0.1, -0.05) is 18.2 Å². The van der Waals surface area contributed by atoms with Gasteiger partial charge in [-0.2, -0.15) is 0 Å². The lowest BCUT2D eigenvalue weighted by atomic mass is 9.97. The van der Waals surface area contributed by atoms with Crippen molar-refractivity contribution in [3.8, 4) is 5.88 Å². The molecule has 4 heteroatoms. The minimum Gasteiger partial charge on any atom is -0.479 e. The van der Waals surface area contributed by atoms with Crippen LogP contribution in [-0.2, 0) is 0 Å². The Hall–Kier alpha value is -2.23. The standard InChI is InChI=1S/C14H14N2O2/c1-9-5-4-6-10(2)11(9)13(17)12-14(18-3)16-8-7-15-12/h4-8H,1-3H3. The summed E-state index contributed by atoms with van der Waals surface area (Å²) in [6.45, 7) is 3.81. The normalized spacial score (nSPS) is 10.2. The van der Waals surface area contributed by atoms with Crippen molar-refractivity contribution >= 4 is 5.78 Å². The van der Waals surface area contributed by atoms with Gasteiger partial charge in [0.25, 0.3) is 0 Å². The first kappa shape index (κ1) is 12.2. The number of ketones is 1. The van der Waals surface area contributed by atoms with E-state index in [1.807, 2.05) is 32.0 Å². The second kappa shape index (κ2) is 4.96. The van der Waals surface area contributed by atoms with Crippen LogP contribution in [0.2, 0.25) is 0 Å². The maximum Gasteiger partial charge on any atom is 0.243 e. The van der Waals surface area contributed by atoms with Gasteiger partial charge in [-0.15, -0.1) is 0 Å². The molecule has 0 spiro atoms. The Morgan fingerprint density at radius 3 is 2.33 bits per heavy atom. The van der Waals surface area contributed by atoms with Crippen LogP contribution in [0.4, 0.5) is 0 Å². The Kier molecular flexibility index (Phi) is 3.37. The molecule has 0 atom stereocenters. The maximum absolute atomic E-state index is 12.5. The number of benzene rings is 1. The summed E-state index contributed by atoms with van der Waals surface area (Å²) in [5.41, 5.74) is 2.76. The van der Waals surface area contributed by atoms with E-state index in [0.29, 0.717) is 5.56 Å². The summed E-state index contributed by atoms with van der Waals surface area (Å²) in [7, 11) is 1.48. The molecular weight excluding hydrogens is 228 g/mol. The van der Waals surface area contributed by atoms with E-state index in [1.54, 1.807) is 0 Å². The molecule has 92 valence electrons. The minimum atomic E-state index is -0.157. The number of nitrogens with zero attached hydrogens (tertiary/aromatic N) is 2. The van der Waals surface area contributed by atoms with Crippen LogP contribution >= 0.6 is 0 Å². The first-order chi connectivity index (χ1) is 8.65. The molecule has 0 aliphatic rings. The molecule has 0 aliphatic carbocycles. The second-order valence-electron chi connectivity index (χ2n) is 4.01. The van der Waals surface area contributed by atoms with Gasteiger partial charge < -0.3 is 4.74 Å². The highest BCUT2D eigenvalue weighted by Crippen LogP contribution is 2.21. The van der Waals surface area contributed by atoms with Gasteiger partial charge in [0.2, 0.25) is 11.7 Å². The Bertz CT molecular complexity index is 574. The van der Waals surface area contributed by atoms with Crippen molar-refractivity contribution in [3.63, 3.8) is 0 Å². The van der Waals surface area contributed by atoms with Crippen LogP contribution in [-0.4, -0.2) is 22.9 Å². The quantitative estimate of drug-likeness (QED) is 0.775. The first-order valence-electron chi connectivity index (χ1n) is 5.61. The third kappa shape index (κ3) is 2.09. The summed E-state index contributed by atoms with van der Waals surface area (Å²) in [4.78, 5) is 20.6. The van der Waals surface area contributed by atoms with E-state index in [9.17, 15) is 4.79 Å². The van der Waals surface area contributed by atoms with Crippen molar-refractivity contribution in [2.24, 2.45) is 0 Å². The number of carbonyl (C=O) groups is 1. The molecule has 4 nitrogen and oxygen atoms in total. The first-order valence-corrected chi connectivity index (χ1v) is 5.61. The van der Waals surface area contributed by atoms with Gasteiger partial charge in [0.15, 0.2) is 5.69 Å². The summed E-state index contributed by atoms with van der Waals surface area (Å²) in [5.74, 6) is 0.0979. The van der Waals surface area contributed by atoms with Crippen LogP contribution < -0.4 is 4.74 Å². The second-order valence-corrected chi connectivity index (χ2v) is 4.01. The van der Waals surface area contributed by atoms with Crippen LogP contribution in [0, 0.1) is 13.8 Å². The number of hydrogen-bond acceptors (Lipinski definition) is 4. The Morgan fingerprint density at radius 2 is 1.72 bits per heavy atom. The minimum absolute atomic E-state index is 0.157. The third-order valence-corrected chi connectivity index (χ3v) is 2.78. The van der Waals surface area contributed by atoms with Gasteiger partial charge in [0.1, 0.15) is 0 Å². The van der Waals surface area contributed by atoms with Crippen LogP contribution in [0.5, 0.6) is 5.88 Å². The molecule has 0 unspecified atom stereocenters. The average molecular weight is 242 g/mol. The monoisotopic (exact) mass is 242 g/mol. The molecule has 0 saturated carbocycles. The Labute approximate surface area is 106 Å². The van der Waals surface area contributed by atoms with Crippen molar-refractivity contribution < 1.29 is 9.53 Å². The van der Waals surface area contributed by atoms with E-state index in [-0.39, 0.29) is 17.4 Å². The van der Waals surface area contributed by atoms with Gasteiger partial charge in [0, 0.05) is 18.0 Å². The number of carbonyl (C=O) groups excluding carboxylic acids is 1. The maximum atomic E-state index is 12.5. The summed E-state index contributed by atoms with van der Waals surface area (Å²) in [6.07, 6.45) is 2.99. The van der Waals surface area contributed by atoms with Crippen LogP contribution in [0.1, 0.15) is 27.2 Å². The van der Waals surface area contributed by atoms with E-state index in [2.05, 4.69) is 9.97 Å². The van der Waals surface area contributed by atoms with Gasteiger partial charge >= 0.3 is 0 Å². The molecular formula is C14H14N2O2. The van der Waals surface area contributed by atoms with Gasteiger partial charge in [-0.3, -0.25) is 4.79 Å². The van der Waals surface area contributed by atoms with E-state index in [4.69, 9.17) is 4.74 Å². The zero-order chi connectivity index (χ0) is 13.1. The molecule has 0 aliphatic heterocycles. The fourth-order valence-corrected chi connectivity index (χ4v) is 1.92. The molecule has 1 heterocycles. The molecule has 0 radical (unpaired) electrons. The topological polar surface area (TPSA) is 52.1 Å². The summed E-state index contributed by atoms with van der Waals surface area (Å²) in [6, 6.07) is 5.74. The fraction of sp³-hybridized carbons (Fsp3) is 0.214. The van der Waals surface area contributed by atoms with Crippen LogP contribution in [0.3, 0.4) is 0 Å². The SMILES string of the molecule is COc1nccnc1C(=O)c1c(C)cccc1C. The number of aryl methyl sites for hydroxylation is 2. The van der Waals surface area contributed by atoms with Gasteiger partial charge in [0.05, 0.1) is 7.11 Å². The Morgan fingerprint density at radius 1 is 1.11 bits per heavy atom. The summed E-state index contributed by atoms with van der Waals surface area (Å²) >= 11 is 0. The zero-order valence-electron chi connectivity index (χ0n) is 10.6. The molecule has 18 heavy (non-hydrogen) atoms. The number of aromatic nitrogens is 2. The number of hydrogen-bond donors (Lipinski definition) is 0. The molecule has 0 amide bonds. The van der Waals surface area contributed by atoms with Crippen molar-refractivity contribution in [1.82, 2.24) is 9.97 Å². The predicted octanol–water partition coefficient (Wildman–Crippen LogP) is 2.33. The lowest BCUT2D eigenvalue weighted by molar-refractivity contribution is 0.102. The van der Waals surface area contributed by atoms with Gasteiger partial charge in [-0.05, 0) is 25.0 Å². The van der Waals surface area contributed by atoms with Crippen LogP contribution in [0.15, 0.2) is 30.6 Å². The van der Waals surface area contributed by atoms with E-state index < -0.39 is 0 Å². The predicted molar refractivity (Wildman–Crippen MR) is 67.9 cm³/mol. The lowest BCUT2D eigenvalue weighted by Crippen LogP contribution is -2.10. The molecule has 0 bridgehead atoms. The summed E-state index contributed by atoms with van der Waals surface area (Å²) < 4.78 is 5.07. The third-order valence-electron chi connectivity index (χ3n) is 2.78. The number of methoxy groups -OCH3 is 1. The molecule has 2 rings (SSSR count). The summed E-state index contributed by atoms with van der Waals surface area (Å²) in [5, 5.41) is 0. The van der Waals surface area contributed by atoms with Crippen molar-refractivity contribution in [2.45, 2.75) is 13.8 Å². The number of rotatable bonds is 3.